The van der Waals surface area contributed by atoms with Crippen molar-refractivity contribution in [1.82, 2.24) is 0 Å². The first-order chi connectivity index (χ1) is 16.0. The Kier molecular flexibility index (Phi) is 6.94. The van der Waals surface area contributed by atoms with Gasteiger partial charge in [0.1, 0.15) is 11.5 Å². The third-order valence-corrected chi connectivity index (χ3v) is 6.03. The van der Waals surface area contributed by atoms with Gasteiger partial charge in [-0.25, -0.2) is 0 Å². The molecule has 0 fully saturated rings. The van der Waals surface area contributed by atoms with Gasteiger partial charge in [-0.05, 0) is 61.9 Å². The lowest BCUT2D eigenvalue weighted by Crippen LogP contribution is -2.21. The normalized spacial score (nSPS) is 13.5. The zero-order chi connectivity index (χ0) is 23.4. The van der Waals surface area contributed by atoms with E-state index in [0.717, 1.165) is 28.8 Å². The van der Waals surface area contributed by atoms with Crippen molar-refractivity contribution in [2.24, 2.45) is 0 Å². The maximum absolute atomic E-state index is 12.8. The number of hydrogen-bond acceptors (Lipinski definition) is 5. The van der Waals surface area contributed by atoms with E-state index in [2.05, 4.69) is 34.7 Å². The molecule has 0 aliphatic carbocycles. The van der Waals surface area contributed by atoms with Gasteiger partial charge in [-0.2, -0.15) is 0 Å². The summed E-state index contributed by atoms with van der Waals surface area (Å²) in [5, 5.41) is 0. The SMILES string of the molecule is CCN(CC)c1ccc(/C=C2\Oc3cc(OCC(=O)c4ccc(Br)cc4)ccc3C2=O)cc1. The topological polar surface area (TPSA) is 55.8 Å². The third-order valence-electron chi connectivity index (χ3n) is 5.50. The van der Waals surface area contributed by atoms with Gasteiger partial charge in [0.15, 0.2) is 18.1 Å². The summed E-state index contributed by atoms with van der Waals surface area (Å²) in [6.07, 6.45) is 1.74. The highest BCUT2D eigenvalue weighted by atomic mass is 79.9. The average molecular weight is 506 g/mol. The number of benzene rings is 3. The summed E-state index contributed by atoms with van der Waals surface area (Å²) in [6.45, 7) is 6.02. The van der Waals surface area contributed by atoms with Crippen molar-refractivity contribution in [3.8, 4) is 11.5 Å². The van der Waals surface area contributed by atoms with Crippen molar-refractivity contribution in [2.75, 3.05) is 24.6 Å². The molecule has 0 bridgehead atoms. The molecule has 5 nitrogen and oxygen atoms in total. The van der Waals surface area contributed by atoms with Crippen molar-refractivity contribution < 1.29 is 19.1 Å². The fraction of sp³-hybridized carbons (Fsp3) is 0.185. The van der Waals surface area contributed by atoms with Gasteiger partial charge in [-0.15, -0.1) is 0 Å². The Labute approximate surface area is 201 Å². The van der Waals surface area contributed by atoms with Gasteiger partial charge in [0.05, 0.1) is 5.56 Å². The molecule has 0 radical (unpaired) electrons. The van der Waals surface area contributed by atoms with Crippen molar-refractivity contribution in [1.29, 1.82) is 0 Å². The largest absolute Gasteiger partial charge is 0.485 e. The molecule has 0 spiro atoms. The summed E-state index contributed by atoms with van der Waals surface area (Å²) in [4.78, 5) is 27.4. The molecule has 3 aromatic rings. The highest BCUT2D eigenvalue weighted by Crippen LogP contribution is 2.35. The predicted molar refractivity (Wildman–Crippen MR) is 133 cm³/mol. The van der Waals surface area contributed by atoms with E-state index in [-0.39, 0.29) is 23.9 Å². The van der Waals surface area contributed by atoms with Crippen LogP contribution in [0.5, 0.6) is 11.5 Å². The summed E-state index contributed by atoms with van der Waals surface area (Å²) >= 11 is 3.35. The highest BCUT2D eigenvalue weighted by molar-refractivity contribution is 9.10. The predicted octanol–water partition coefficient (Wildman–Crippen LogP) is 6.17. The number of nitrogens with zero attached hydrogens (tertiary/aromatic N) is 1. The highest BCUT2D eigenvalue weighted by Gasteiger charge is 2.27. The number of Topliss-reactive ketones (excluding diaryl/α,β-unsaturated/α-hetero) is 2. The molecular weight excluding hydrogens is 482 g/mol. The number of rotatable bonds is 8. The number of allylic oxidation sites excluding steroid dienone is 1. The molecular formula is C27H24BrNO4. The van der Waals surface area contributed by atoms with E-state index >= 15 is 0 Å². The van der Waals surface area contributed by atoms with E-state index in [4.69, 9.17) is 9.47 Å². The Morgan fingerprint density at radius 3 is 2.36 bits per heavy atom. The van der Waals surface area contributed by atoms with Crippen LogP contribution in [0.3, 0.4) is 0 Å². The van der Waals surface area contributed by atoms with Gasteiger partial charge in [0.2, 0.25) is 5.78 Å². The molecule has 0 saturated carbocycles. The van der Waals surface area contributed by atoms with Crippen LogP contribution >= 0.6 is 15.9 Å². The minimum atomic E-state index is -0.171. The first-order valence-electron chi connectivity index (χ1n) is 10.8. The second kappa shape index (κ2) is 10.0. The molecule has 1 heterocycles. The molecule has 0 saturated heterocycles. The number of anilines is 1. The molecule has 0 amide bonds. The van der Waals surface area contributed by atoms with Crippen molar-refractivity contribution in [3.05, 3.63) is 93.7 Å². The van der Waals surface area contributed by atoms with Gasteiger partial charge >= 0.3 is 0 Å². The maximum Gasteiger partial charge on any atom is 0.231 e. The van der Waals surface area contributed by atoms with Crippen LogP contribution in [-0.2, 0) is 0 Å². The maximum atomic E-state index is 12.8. The van der Waals surface area contributed by atoms with Crippen LogP contribution in [0.15, 0.2) is 77.0 Å². The average Bonchev–Trinajstić information content (AvgIpc) is 3.14. The molecule has 6 heteroatoms. The van der Waals surface area contributed by atoms with Crippen molar-refractivity contribution >= 4 is 39.3 Å². The Balaban J connectivity index is 1.44. The van der Waals surface area contributed by atoms with Gasteiger partial charge < -0.3 is 14.4 Å². The molecule has 1 aliphatic rings. The van der Waals surface area contributed by atoms with Gasteiger partial charge in [0.25, 0.3) is 0 Å². The molecule has 0 N–H and O–H groups in total. The summed E-state index contributed by atoms with van der Waals surface area (Å²) in [6, 6.07) is 20.1. The van der Waals surface area contributed by atoms with E-state index in [1.54, 1.807) is 36.4 Å². The first-order valence-corrected chi connectivity index (χ1v) is 11.6. The number of carbonyl (C=O) groups excluding carboxylic acids is 2. The summed E-state index contributed by atoms with van der Waals surface area (Å²) in [5.41, 5.74) is 3.08. The Morgan fingerprint density at radius 1 is 1.00 bits per heavy atom. The monoisotopic (exact) mass is 505 g/mol. The zero-order valence-corrected chi connectivity index (χ0v) is 20.1. The lowest BCUT2D eigenvalue weighted by molar-refractivity contribution is 0.0921. The van der Waals surface area contributed by atoms with Crippen molar-refractivity contribution in [3.63, 3.8) is 0 Å². The third kappa shape index (κ3) is 5.17. The van der Waals surface area contributed by atoms with Crippen LogP contribution in [0, 0.1) is 0 Å². The number of hydrogen-bond donors (Lipinski definition) is 0. The quantitative estimate of drug-likeness (QED) is 0.270. The van der Waals surface area contributed by atoms with Gasteiger partial charge in [-0.3, -0.25) is 9.59 Å². The van der Waals surface area contributed by atoms with Crippen molar-refractivity contribution in [2.45, 2.75) is 13.8 Å². The number of ether oxygens (including phenoxy) is 2. The van der Waals surface area contributed by atoms with Gasteiger partial charge in [-0.1, -0.05) is 40.2 Å². The number of ketones is 2. The second-order valence-electron chi connectivity index (χ2n) is 7.58. The second-order valence-corrected chi connectivity index (χ2v) is 8.50. The fourth-order valence-electron chi connectivity index (χ4n) is 3.65. The molecule has 33 heavy (non-hydrogen) atoms. The van der Waals surface area contributed by atoms with E-state index in [1.165, 1.54) is 0 Å². The molecule has 168 valence electrons. The Morgan fingerprint density at radius 2 is 1.70 bits per heavy atom. The number of halogens is 1. The number of carbonyl (C=O) groups is 2. The minimum Gasteiger partial charge on any atom is -0.485 e. The van der Waals surface area contributed by atoms with Crippen LogP contribution in [0.1, 0.15) is 40.1 Å². The standard InChI is InChI=1S/C27H24BrNO4/c1-3-29(4-2)21-11-5-18(6-12-21)15-26-27(31)23-14-13-22(16-25(23)33-26)32-17-24(30)19-7-9-20(28)10-8-19/h5-16H,3-4,17H2,1-2H3/b26-15-. The lowest BCUT2D eigenvalue weighted by Gasteiger charge is -2.20. The van der Waals surface area contributed by atoms with Crippen LogP contribution in [-0.4, -0.2) is 31.3 Å². The smallest absolute Gasteiger partial charge is 0.231 e. The summed E-state index contributed by atoms with van der Waals surface area (Å²) < 4.78 is 12.4. The number of fused-ring (bicyclic) bond motifs is 1. The van der Waals surface area contributed by atoms with Gasteiger partial charge in [0, 0.05) is 34.9 Å². The Bertz CT molecular complexity index is 1200. The summed E-state index contributed by atoms with van der Waals surface area (Å²) in [7, 11) is 0. The first kappa shape index (κ1) is 22.8. The molecule has 3 aromatic carbocycles. The van der Waals surface area contributed by atoms with Crippen LogP contribution in [0.2, 0.25) is 0 Å². The van der Waals surface area contributed by atoms with Crippen LogP contribution < -0.4 is 14.4 Å². The summed E-state index contributed by atoms with van der Waals surface area (Å²) in [5.74, 6) is 0.865. The zero-order valence-electron chi connectivity index (χ0n) is 18.5. The molecule has 1 aliphatic heterocycles. The van der Waals surface area contributed by atoms with Crippen LogP contribution in [0.4, 0.5) is 5.69 Å². The molecule has 0 unspecified atom stereocenters. The fourth-order valence-corrected chi connectivity index (χ4v) is 3.91. The minimum absolute atomic E-state index is 0.101. The Hall–Kier alpha value is -3.38. The molecule has 0 atom stereocenters. The molecule has 0 aromatic heterocycles. The lowest BCUT2D eigenvalue weighted by atomic mass is 10.1. The van der Waals surface area contributed by atoms with E-state index in [1.807, 2.05) is 36.4 Å². The van der Waals surface area contributed by atoms with E-state index in [0.29, 0.717) is 22.6 Å². The molecule has 4 rings (SSSR count). The van der Waals surface area contributed by atoms with Crippen LogP contribution in [0.25, 0.3) is 6.08 Å². The van der Waals surface area contributed by atoms with E-state index in [9.17, 15) is 9.59 Å². The van der Waals surface area contributed by atoms with E-state index < -0.39 is 0 Å².